The molecule has 2 aromatic rings. The normalized spacial score (nSPS) is 10.7. The molecule has 1 aromatic carbocycles. The fourth-order valence-corrected chi connectivity index (χ4v) is 2.00. The van der Waals surface area contributed by atoms with E-state index < -0.39 is 5.82 Å². The molecular weight excluding hydrogens is 269 g/mol. The summed E-state index contributed by atoms with van der Waals surface area (Å²) in [4.78, 5) is 18.5. The van der Waals surface area contributed by atoms with Crippen LogP contribution >= 0.6 is 0 Å². The fraction of sp³-hybridized carbons (Fsp3) is 0.250. The molecule has 21 heavy (non-hydrogen) atoms. The number of pyridine rings is 1. The van der Waals surface area contributed by atoms with E-state index in [2.05, 4.69) is 4.98 Å². The Bertz CT molecular complexity index is 629. The Morgan fingerprint density at radius 1 is 1.33 bits per heavy atom. The molecule has 0 saturated heterocycles. The largest absolute Gasteiger partial charge is 0.396 e. The lowest BCUT2D eigenvalue weighted by Crippen LogP contribution is -2.36. The first-order chi connectivity index (χ1) is 9.99. The van der Waals surface area contributed by atoms with E-state index >= 15 is 0 Å². The van der Waals surface area contributed by atoms with Gasteiger partial charge in [0.15, 0.2) is 0 Å². The van der Waals surface area contributed by atoms with Crippen LogP contribution in [-0.4, -0.2) is 21.8 Å². The third-order valence-corrected chi connectivity index (χ3v) is 3.19. The predicted molar refractivity (Wildman–Crippen MR) is 80.1 cm³/mol. The number of nitrogens with zero attached hydrogens (tertiary/aromatic N) is 2. The Morgan fingerprint density at radius 2 is 2.10 bits per heavy atom. The first-order valence-electron chi connectivity index (χ1n) is 6.75. The van der Waals surface area contributed by atoms with Crippen molar-refractivity contribution in [1.29, 1.82) is 0 Å². The summed E-state index contributed by atoms with van der Waals surface area (Å²) < 4.78 is 13.2. The Morgan fingerprint density at radius 3 is 2.67 bits per heavy atom. The van der Waals surface area contributed by atoms with E-state index in [-0.39, 0.29) is 17.6 Å². The van der Waals surface area contributed by atoms with Crippen LogP contribution in [0.15, 0.2) is 42.6 Å². The molecule has 0 atom stereocenters. The van der Waals surface area contributed by atoms with Gasteiger partial charge in [-0.25, -0.2) is 4.39 Å². The number of amides is 1. The van der Waals surface area contributed by atoms with E-state index in [9.17, 15) is 9.18 Å². The maximum absolute atomic E-state index is 13.2. The van der Waals surface area contributed by atoms with Gasteiger partial charge in [0.05, 0.1) is 17.9 Å². The van der Waals surface area contributed by atoms with Crippen LogP contribution in [0.1, 0.15) is 29.9 Å². The van der Waals surface area contributed by atoms with Crippen molar-refractivity contribution in [3.63, 3.8) is 0 Å². The van der Waals surface area contributed by atoms with Crippen LogP contribution in [-0.2, 0) is 6.54 Å². The van der Waals surface area contributed by atoms with Gasteiger partial charge in [-0.2, -0.15) is 0 Å². The molecule has 0 radical (unpaired) electrons. The molecule has 1 heterocycles. The van der Waals surface area contributed by atoms with Gasteiger partial charge < -0.3 is 10.6 Å². The lowest BCUT2D eigenvalue weighted by molar-refractivity contribution is 0.0688. The molecule has 2 rings (SSSR count). The third kappa shape index (κ3) is 3.56. The molecule has 1 amide bonds. The third-order valence-electron chi connectivity index (χ3n) is 3.19. The second kappa shape index (κ2) is 6.35. The average Bonchev–Trinajstić information content (AvgIpc) is 2.47. The second-order valence-electron chi connectivity index (χ2n) is 5.08. The van der Waals surface area contributed by atoms with E-state index in [0.717, 1.165) is 5.69 Å². The second-order valence-corrected chi connectivity index (χ2v) is 5.08. The van der Waals surface area contributed by atoms with Crippen LogP contribution < -0.4 is 5.73 Å². The Labute approximate surface area is 123 Å². The van der Waals surface area contributed by atoms with E-state index in [0.29, 0.717) is 12.1 Å². The quantitative estimate of drug-likeness (QED) is 0.880. The highest BCUT2D eigenvalue weighted by Crippen LogP contribution is 2.17. The minimum Gasteiger partial charge on any atom is -0.396 e. The van der Waals surface area contributed by atoms with Crippen molar-refractivity contribution in [1.82, 2.24) is 9.88 Å². The Balaban J connectivity index is 2.25. The molecule has 110 valence electrons. The summed E-state index contributed by atoms with van der Waals surface area (Å²) in [6, 6.07) is 9.58. The number of benzene rings is 1. The van der Waals surface area contributed by atoms with Gasteiger partial charge in [-0.15, -0.1) is 0 Å². The highest BCUT2D eigenvalue weighted by Gasteiger charge is 2.20. The SMILES string of the molecule is CC(C)N(Cc1ccccn1)C(=O)c1ccc(F)c(N)c1. The highest BCUT2D eigenvalue weighted by atomic mass is 19.1. The standard InChI is InChI=1S/C16H18FN3O/c1-11(2)20(10-13-5-3-4-8-19-13)16(21)12-6-7-14(17)15(18)9-12/h3-9,11H,10,18H2,1-2H3. The molecule has 1 aromatic heterocycles. The number of nitrogen functional groups attached to an aromatic ring is 1. The zero-order valence-corrected chi connectivity index (χ0v) is 12.1. The monoisotopic (exact) mass is 287 g/mol. The van der Waals surface area contributed by atoms with Crippen LogP contribution in [0.5, 0.6) is 0 Å². The minimum atomic E-state index is -0.521. The number of anilines is 1. The van der Waals surface area contributed by atoms with Crippen molar-refractivity contribution in [2.45, 2.75) is 26.4 Å². The lowest BCUT2D eigenvalue weighted by Gasteiger charge is -2.26. The van der Waals surface area contributed by atoms with Gasteiger partial charge in [-0.1, -0.05) is 6.07 Å². The Kier molecular flexibility index (Phi) is 4.52. The molecule has 0 saturated carbocycles. The van der Waals surface area contributed by atoms with Crippen molar-refractivity contribution < 1.29 is 9.18 Å². The van der Waals surface area contributed by atoms with Crippen molar-refractivity contribution >= 4 is 11.6 Å². The molecule has 0 unspecified atom stereocenters. The molecular formula is C16H18FN3O. The molecule has 5 heteroatoms. The van der Waals surface area contributed by atoms with Crippen molar-refractivity contribution in [3.8, 4) is 0 Å². The maximum Gasteiger partial charge on any atom is 0.254 e. The van der Waals surface area contributed by atoms with Gasteiger partial charge in [0.2, 0.25) is 0 Å². The summed E-state index contributed by atoms with van der Waals surface area (Å²) in [6.45, 7) is 4.25. The van der Waals surface area contributed by atoms with Crippen molar-refractivity contribution in [2.75, 3.05) is 5.73 Å². The highest BCUT2D eigenvalue weighted by molar-refractivity contribution is 5.95. The number of halogens is 1. The Hall–Kier alpha value is -2.43. The van der Waals surface area contributed by atoms with Crippen LogP contribution in [0.25, 0.3) is 0 Å². The number of nitrogens with two attached hydrogens (primary N) is 1. The van der Waals surface area contributed by atoms with Gasteiger partial charge in [0.1, 0.15) is 5.82 Å². The maximum atomic E-state index is 13.2. The summed E-state index contributed by atoms with van der Waals surface area (Å²) in [5.74, 6) is -0.713. The molecule has 0 fully saturated rings. The van der Waals surface area contributed by atoms with Crippen LogP contribution in [0.4, 0.5) is 10.1 Å². The summed E-state index contributed by atoms with van der Waals surface area (Å²) in [6.07, 6.45) is 1.69. The van der Waals surface area contributed by atoms with Gasteiger partial charge in [0.25, 0.3) is 5.91 Å². The van der Waals surface area contributed by atoms with E-state index in [1.165, 1.54) is 18.2 Å². The first-order valence-corrected chi connectivity index (χ1v) is 6.75. The van der Waals surface area contributed by atoms with Crippen LogP contribution in [0.3, 0.4) is 0 Å². The molecule has 0 spiro atoms. The van der Waals surface area contributed by atoms with E-state index in [1.807, 2.05) is 32.0 Å². The van der Waals surface area contributed by atoms with Gasteiger partial charge in [-0.05, 0) is 44.2 Å². The number of aromatic nitrogens is 1. The van der Waals surface area contributed by atoms with Crippen molar-refractivity contribution in [3.05, 3.63) is 59.7 Å². The minimum absolute atomic E-state index is 0.00853. The fourth-order valence-electron chi connectivity index (χ4n) is 2.00. The zero-order chi connectivity index (χ0) is 15.4. The number of hydrogen-bond acceptors (Lipinski definition) is 3. The zero-order valence-electron chi connectivity index (χ0n) is 12.1. The molecule has 4 nitrogen and oxygen atoms in total. The predicted octanol–water partition coefficient (Wildman–Crippen LogP) is 2.85. The van der Waals surface area contributed by atoms with E-state index in [4.69, 9.17) is 5.73 Å². The number of hydrogen-bond donors (Lipinski definition) is 1. The number of carbonyl (C=O) groups is 1. The summed E-state index contributed by atoms with van der Waals surface area (Å²) >= 11 is 0. The van der Waals surface area contributed by atoms with Gasteiger partial charge in [-0.3, -0.25) is 9.78 Å². The summed E-state index contributed by atoms with van der Waals surface area (Å²) in [7, 11) is 0. The smallest absolute Gasteiger partial charge is 0.254 e. The molecule has 0 aliphatic heterocycles. The summed E-state index contributed by atoms with van der Waals surface area (Å²) in [5, 5.41) is 0. The van der Waals surface area contributed by atoms with Crippen LogP contribution in [0, 0.1) is 5.82 Å². The molecule has 0 aliphatic carbocycles. The van der Waals surface area contributed by atoms with Crippen LogP contribution in [0.2, 0.25) is 0 Å². The molecule has 0 aliphatic rings. The lowest BCUT2D eigenvalue weighted by atomic mass is 10.1. The number of carbonyl (C=O) groups excluding carboxylic acids is 1. The number of rotatable bonds is 4. The van der Waals surface area contributed by atoms with E-state index in [1.54, 1.807) is 11.1 Å². The first kappa shape index (κ1) is 15.0. The topological polar surface area (TPSA) is 59.2 Å². The average molecular weight is 287 g/mol. The van der Waals surface area contributed by atoms with Gasteiger partial charge in [0, 0.05) is 17.8 Å². The van der Waals surface area contributed by atoms with Crippen molar-refractivity contribution in [2.24, 2.45) is 0 Å². The molecule has 0 bridgehead atoms. The molecule has 2 N–H and O–H groups in total. The van der Waals surface area contributed by atoms with Gasteiger partial charge >= 0.3 is 0 Å². The summed E-state index contributed by atoms with van der Waals surface area (Å²) in [5.41, 5.74) is 6.68.